The van der Waals surface area contributed by atoms with E-state index >= 15 is 0 Å². The smallest absolute Gasteiger partial charge is 0.322 e. The maximum atomic E-state index is 12.1. The number of ether oxygens (including phenoxy) is 1. The van der Waals surface area contributed by atoms with Crippen LogP contribution in [0.25, 0.3) is 0 Å². The molecule has 104 valence electrons. The van der Waals surface area contributed by atoms with Crippen molar-refractivity contribution in [1.29, 1.82) is 0 Å². The van der Waals surface area contributed by atoms with E-state index in [0.717, 1.165) is 0 Å². The second-order valence-electron chi connectivity index (χ2n) is 4.86. The molecule has 1 heterocycles. The molecular formula is C10H4Cl6O3. The van der Waals surface area contributed by atoms with Gasteiger partial charge in [-0.15, -0.1) is 23.2 Å². The first-order valence-electron chi connectivity index (χ1n) is 5.11. The fraction of sp³-hybridized carbons (Fsp3) is 0.600. The van der Waals surface area contributed by atoms with Crippen molar-refractivity contribution in [2.75, 3.05) is 0 Å². The van der Waals surface area contributed by atoms with E-state index in [0.29, 0.717) is 0 Å². The van der Waals surface area contributed by atoms with Crippen LogP contribution in [-0.4, -0.2) is 26.0 Å². The number of halogens is 6. The van der Waals surface area contributed by atoms with Gasteiger partial charge in [0, 0.05) is 0 Å². The summed E-state index contributed by atoms with van der Waals surface area (Å²) in [5, 5.41) is -0.123. The van der Waals surface area contributed by atoms with Crippen molar-refractivity contribution in [3.05, 3.63) is 10.1 Å². The molecule has 9 heteroatoms. The number of carbonyl (C=O) groups excluding carboxylic acids is 2. The van der Waals surface area contributed by atoms with Gasteiger partial charge in [0.05, 0.1) is 16.5 Å². The highest BCUT2D eigenvalue weighted by molar-refractivity contribution is 6.66. The minimum absolute atomic E-state index is 0.00592. The van der Waals surface area contributed by atoms with Gasteiger partial charge in [0.2, 0.25) is 0 Å². The Balaban J connectivity index is 2.32. The van der Waals surface area contributed by atoms with Crippen molar-refractivity contribution in [3.8, 4) is 0 Å². The summed E-state index contributed by atoms with van der Waals surface area (Å²) in [7, 11) is 0. The molecule has 2 bridgehead atoms. The van der Waals surface area contributed by atoms with Crippen molar-refractivity contribution in [2.45, 2.75) is 26.9 Å². The van der Waals surface area contributed by atoms with Crippen LogP contribution in [-0.2, 0) is 14.3 Å². The van der Waals surface area contributed by atoms with E-state index in [1.807, 2.05) is 0 Å². The molecule has 2 fully saturated rings. The number of rotatable bonds is 0. The van der Waals surface area contributed by atoms with Crippen molar-refractivity contribution in [3.63, 3.8) is 0 Å². The number of esters is 2. The van der Waals surface area contributed by atoms with Gasteiger partial charge in [-0.2, -0.15) is 0 Å². The molecule has 0 aromatic carbocycles. The van der Waals surface area contributed by atoms with Crippen molar-refractivity contribution in [1.82, 2.24) is 0 Å². The third-order valence-corrected chi connectivity index (χ3v) is 8.34. The van der Waals surface area contributed by atoms with Gasteiger partial charge < -0.3 is 4.74 Å². The molecule has 0 unspecified atom stereocenters. The lowest BCUT2D eigenvalue weighted by atomic mass is 9.73. The van der Waals surface area contributed by atoms with E-state index in [4.69, 9.17) is 69.6 Å². The Kier molecular flexibility index (Phi) is 2.82. The summed E-state index contributed by atoms with van der Waals surface area (Å²) in [5.41, 5.74) is -1.49. The number of fused-ring (bicyclic) bond motifs is 3. The average Bonchev–Trinajstić information content (AvgIpc) is 2.68. The lowest BCUT2D eigenvalue weighted by molar-refractivity contribution is -0.155. The molecule has 19 heavy (non-hydrogen) atoms. The van der Waals surface area contributed by atoms with E-state index in [1.54, 1.807) is 0 Å². The predicted molar refractivity (Wildman–Crippen MR) is 73.1 cm³/mol. The van der Waals surface area contributed by atoms with Crippen LogP contribution in [0, 0.1) is 5.41 Å². The van der Waals surface area contributed by atoms with E-state index < -0.39 is 31.4 Å². The Morgan fingerprint density at radius 2 is 1.58 bits per heavy atom. The maximum absolute atomic E-state index is 12.1. The largest absolute Gasteiger partial charge is 0.393 e. The van der Waals surface area contributed by atoms with E-state index in [-0.39, 0.29) is 22.9 Å². The summed E-state index contributed by atoms with van der Waals surface area (Å²) >= 11 is 37.5. The summed E-state index contributed by atoms with van der Waals surface area (Å²) in [4.78, 5) is 20.2. The number of carbonyl (C=O) groups is 2. The summed E-state index contributed by atoms with van der Waals surface area (Å²) in [5.74, 6) is -1.55. The van der Waals surface area contributed by atoms with Gasteiger partial charge in [0.15, 0.2) is 4.33 Å². The van der Waals surface area contributed by atoms with Gasteiger partial charge in [0.1, 0.15) is 15.2 Å². The first-order valence-corrected chi connectivity index (χ1v) is 7.38. The van der Waals surface area contributed by atoms with Crippen LogP contribution in [0.1, 0.15) is 12.8 Å². The van der Waals surface area contributed by atoms with Crippen LogP contribution in [0.15, 0.2) is 10.1 Å². The van der Waals surface area contributed by atoms with Gasteiger partial charge in [-0.05, 0) is 6.42 Å². The third kappa shape index (κ3) is 1.23. The molecule has 1 aliphatic heterocycles. The Morgan fingerprint density at radius 1 is 1.00 bits per heavy atom. The van der Waals surface area contributed by atoms with Crippen molar-refractivity contribution < 1.29 is 14.3 Å². The highest BCUT2D eigenvalue weighted by Crippen LogP contribution is 2.79. The van der Waals surface area contributed by atoms with Gasteiger partial charge in [0.25, 0.3) is 0 Å². The zero-order valence-electron chi connectivity index (χ0n) is 8.91. The van der Waals surface area contributed by atoms with E-state index in [1.165, 1.54) is 0 Å². The monoisotopic (exact) mass is 382 g/mol. The topological polar surface area (TPSA) is 43.4 Å². The highest BCUT2D eigenvalue weighted by Gasteiger charge is 2.87. The van der Waals surface area contributed by atoms with Crippen molar-refractivity contribution in [2.24, 2.45) is 5.41 Å². The second-order valence-corrected chi connectivity index (χ2v) is 8.15. The van der Waals surface area contributed by atoms with Crippen LogP contribution < -0.4 is 0 Å². The SMILES string of the molecule is O=C1C[C@]2(C[C@@]3(Cl)C(Cl)=C(Cl)[C@]2(Cl)C3(Cl)Cl)C(=O)O1. The van der Waals surface area contributed by atoms with Crippen LogP contribution in [0.3, 0.4) is 0 Å². The van der Waals surface area contributed by atoms with Crippen molar-refractivity contribution >= 4 is 81.5 Å². The average molecular weight is 385 g/mol. The minimum atomic E-state index is -1.83. The number of hydrogen-bond donors (Lipinski definition) is 0. The predicted octanol–water partition coefficient (Wildman–Crippen LogP) is 3.68. The Labute approximate surface area is 138 Å². The zero-order valence-corrected chi connectivity index (χ0v) is 13.4. The van der Waals surface area contributed by atoms with E-state index in [9.17, 15) is 9.59 Å². The molecule has 0 amide bonds. The molecule has 0 radical (unpaired) electrons. The first kappa shape index (κ1) is 14.6. The van der Waals surface area contributed by atoms with Crippen LogP contribution in [0.5, 0.6) is 0 Å². The summed E-state index contributed by atoms with van der Waals surface area (Å²) in [6.07, 6.45) is -0.400. The molecular weight excluding hydrogens is 381 g/mol. The van der Waals surface area contributed by atoms with Gasteiger partial charge in [-0.3, -0.25) is 9.59 Å². The minimum Gasteiger partial charge on any atom is -0.393 e. The molecule has 3 rings (SSSR count). The number of cyclic esters (lactones) is 2. The Hall–Kier alpha value is 0.620. The fourth-order valence-corrected chi connectivity index (χ4v) is 6.04. The fourth-order valence-electron chi connectivity index (χ4n) is 3.06. The van der Waals surface area contributed by atoms with Crippen LogP contribution in [0.4, 0.5) is 0 Å². The molecule has 1 saturated carbocycles. The third-order valence-electron chi connectivity index (χ3n) is 4.02. The highest BCUT2D eigenvalue weighted by atomic mass is 35.5. The van der Waals surface area contributed by atoms with E-state index in [2.05, 4.69) is 4.74 Å². The summed E-state index contributed by atoms with van der Waals surface area (Å²) in [6.45, 7) is 0. The molecule has 1 spiro atoms. The summed E-state index contributed by atoms with van der Waals surface area (Å²) in [6, 6.07) is 0. The van der Waals surface area contributed by atoms with Gasteiger partial charge >= 0.3 is 11.9 Å². The molecule has 2 aliphatic carbocycles. The lowest BCUT2D eigenvalue weighted by Gasteiger charge is -2.37. The number of allylic oxidation sites excluding steroid dienone is 2. The molecule has 0 aromatic rings. The second kappa shape index (κ2) is 3.68. The first-order chi connectivity index (χ1) is 8.54. The van der Waals surface area contributed by atoms with Gasteiger partial charge in [-0.25, -0.2) is 0 Å². The molecule has 1 saturated heterocycles. The summed E-state index contributed by atoms with van der Waals surface area (Å²) < 4.78 is 2.74. The molecule has 3 aliphatic rings. The normalized spacial score (nSPS) is 47.5. The number of alkyl halides is 4. The maximum Gasteiger partial charge on any atom is 0.322 e. The van der Waals surface area contributed by atoms with Gasteiger partial charge in [-0.1, -0.05) is 46.4 Å². The quantitative estimate of drug-likeness (QED) is 0.363. The number of hydrogen-bond acceptors (Lipinski definition) is 3. The Bertz CT molecular complexity index is 572. The van der Waals surface area contributed by atoms with Crippen LogP contribution >= 0.6 is 69.6 Å². The zero-order chi connectivity index (χ0) is 14.4. The lowest BCUT2D eigenvalue weighted by Crippen LogP contribution is -2.51. The van der Waals surface area contributed by atoms with Crippen LogP contribution in [0.2, 0.25) is 0 Å². The molecule has 3 nitrogen and oxygen atoms in total. The molecule has 3 atom stereocenters. The Morgan fingerprint density at radius 3 is 1.95 bits per heavy atom. The molecule has 0 aromatic heterocycles. The molecule has 0 N–H and O–H groups in total. The standard InChI is InChI=1S/C10H4Cl6O3/c11-4-5(12)9(14)7(1-3(17)19-6(7)18)2-8(4,13)10(9,15)16/h1-2H2/t7-,8+,9+/m0/s1.